The largest absolute Gasteiger partial charge is 0.462 e. The van der Waals surface area contributed by atoms with Crippen molar-refractivity contribution in [3.05, 3.63) is 22.7 Å². The van der Waals surface area contributed by atoms with Crippen LogP contribution in [0.2, 0.25) is 5.02 Å². The van der Waals surface area contributed by atoms with E-state index in [9.17, 15) is 13.6 Å². The first-order valence-corrected chi connectivity index (χ1v) is 5.04. The maximum Gasteiger partial charge on any atom is 0.387 e. The Morgan fingerprint density at radius 1 is 1.53 bits per heavy atom. The lowest BCUT2D eigenvalue weighted by Crippen LogP contribution is -2.09. The SMILES string of the molecule is CCOC(=O)c1cc(Cl)c(N)c(OC(F)F)c1. The molecule has 94 valence electrons. The first-order valence-electron chi connectivity index (χ1n) is 4.66. The average molecular weight is 266 g/mol. The highest BCUT2D eigenvalue weighted by Gasteiger charge is 2.16. The number of rotatable bonds is 4. The predicted octanol–water partition coefficient (Wildman–Crippen LogP) is 2.70. The van der Waals surface area contributed by atoms with Crippen molar-refractivity contribution in [3.8, 4) is 5.75 Å². The Kier molecular flexibility index (Phi) is 4.51. The highest BCUT2D eigenvalue weighted by atomic mass is 35.5. The fourth-order valence-corrected chi connectivity index (χ4v) is 1.33. The molecule has 0 aromatic heterocycles. The van der Waals surface area contributed by atoms with Gasteiger partial charge in [0.1, 0.15) is 0 Å². The van der Waals surface area contributed by atoms with Gasteiger partial charge < -0.3 is 15.2 Å². The van der Waals surface area contributed by atoms with Gasteiger partial charge in [-0.3, -0.25) is 0 Å². The molecule has 0 aliphatic rings. The zero-order valence-corrected chi connectivity index (χ0v) is 9.63. The predicted molar refractivity (Wildman–Crippen MR) is 58.5 cm³/mol. The van der Waals surface area contributed by atoms with Gasteiger partial charge in [0.2, 0.25) is 0 Å². The van der Waals surface area contributed by atoms with Crippen LogP contribution in [-0.2, 0) is 4.74 Å². The molecule has 0 spiro atoms. The minimum atomic E-state index is -3.05. The Hall–Kier alpha value is -1.56. The van der Waals surface area contributed by atoms with Crippen molar-refractivity contribution in [2.75, 3.05) is 12.3 Å². The lowest BCUT2D eigenvalue weighted by molar-refractivity contribution is -0.0494. The second-order valence-corrected chi connectivity index (χ2v) is 3.38. The van der Waals surface area contributed by atoms with E-state index in [0.29, 0.717) is 0 Å². The fourth-order valence-electron chi connectivity index (χ4n) is 1.12. The lowest BCUT2D eigenvalue weighted by atomic mass is 10.2. The molecule has 2 N–H and O–H groups in total. The summed E-state index contributed by atoms with van der Waals surface area (Å²) in [6.07, 6.45) is 0. The van der Waals surface area contributed by atoms with Gasteiger partial charge in [-0.05, 0) is 19.1 Å². The molecule has 4 nitrogen and oxygen atoms in total. The van der Waals surface area contributed by atoms with Crippen molar-refractivity contribution in [2.45, 2.75) is 13.5 Å². The third-order valence-corrected chi connectivity index (χ3v) is 2.13. The van der Waals surface area contributed by atoms with Gasteiger partial charge in [0.25, 0.3) is 0 Å². The molecule has 17 heavy (non-hydrogen) atoms. The van der Waals surface area contributed by atoms with Gasteiger partial charge in [-0.1, -0.05) is 11.6 Å². The van der Waals surface area contributed by atoms with E-state index in [0.717, 1.165) is 6.07 Å². The molecule has 0 radical (unpaired) electrons. The van der Waals surface area contributed by atoms with Crippen molar-refractivity contribution in [2.24, 2.45) is 0 Å². The van der Waals surface area contributed by atoms with E-state index >= 15 is 0 Å². The number of carbonyl (C=O) groups is 1. The second-order valence-electron chi connectivity index (χ2n) is 2.97. The van der Waals surface area contributed by atoms with E-state index in [1.165, 1.54) is 6.07 Å². The number of hydrogen-bond donors (Lipinski definition) is 1. The summed E-state index contributed by atoms with van der Waals surface area (Å²) < 4.78 is 33.0. The van der Waals surface area contributed by atoms with E-state index < -0.39 is 12.6 Å². The number of alkyl halides is 2. The minimum Gasteiger partial charge on any atom is -0.462 e. The number of ether oxygens (including phenoxy) is 2. The monoisotopic (exact) mass is 265 g/mol. The third kappa shape index (κ3) is 3.45. The molecule has 0 fully saturated rings. The van der Waals surface area contributed by atoms with Gasteiger partial charge in [-0.15, -0.1) is 0 Å². The highest BCUT2D eigenvalue weighted by Crippen LogP contribution is 2.32. The summed E-state index contributed by atoms with van der Waals surface area (Å²) in [5.41, 5.74) is 5.28. The van der Waals surface area contributed by atoms with Gasteiger partial charge >= 0.3 is 12.6 Å². The highest BCUT2D eigenvalue weighted by molar-refractivity contribution is 6.33. The Balaban J connectivity index is 3.09. The molecule has 1 aromatic carbocycles. The van der Waals surface area contributed by atoms with Crippen molar-refractivity contribution in [1.82, 2.24) is 0 Å². The molecule has 0 heterocycles. The van der Waals surface area contributed by atoms with Crippen LogP contribution in [0.25, 0.3) is 0 Å². The number of nitrogen functional groups attached to an aromatic ring is 1. The minimum absolute atomic E-state index is 0.00157. The Morgan fingerprint density at radius 3 is 2.71 bits per heavy atom. The Labute approximate surface area is 101 Å². The summed E-state index contributed by atoms with van der Waals surface area (Å²) in [6, 6.07) is 2.29. The number of esters is 1. The van der Waals surface area contributed by atoms with E-state index in [1.54, 1.807) is 6.92 Å². The quantitative estimate of drug-likeness (QED) is 0.672. The van der Waals surface area contributed by atoms with Crippen LogP contribution in [-0.4, -0.2) is 19.2 Å². The van der Waals surface area contributed by atoms with E-state index in [2.05, 4.69) is 4.74 Å². The molecule has 0 amide bonds. The second kappa shape index (κ2) is 5.67. The van der Waals surface area contributed by atoms with Gasteiger partial charge in [0.05, 0.1) is 22.9 Å². The normalized spacial score (nSPS) is 10.4. The van der Waals surface area contributed by atoms with Crippen LogP contribution in [0.4, 0.5) is 14.5 Å². The molecular weight excluding hydrogens is 256 g/mol. The van der Waals surface area contributed by atoms with Crippen LogP contribution in [0.5, 0.6) is 5.75 Å². The summed E-state index contributed by atoms with van der Waals surface area (Å²) in [4.78, 5) is 11.4. The number of nitrogens with two attached hydrogens (primary N) is 1. The van der Waals surface area contributed by atoms with Crippen molar-refractivity contribution < 1.29 is 23.0 Å². The summed E-state index contributed by atoms with van der Waals surface area (Å²) in [5.74, 6) is -1.04. The summed E-state index contributed by atoms with van der Waals surface area (Å²) in [5, 5.41) is -0.0498. The third-order valence-electron chi connectivity index (χ3n) is 1.82. The van der Waals surface area contributed by atoms with Crippen molar-refractivity contribution >= 4 is 23.3 Å². The maximum absolute atomic E-state index is 12.1. The van der Waals surface area contributed by atoms with Crippen LogP contribution in [0.15, 0.2) is 12.1 Å². The Bertz CT molecular complexity index is 426. The molecule has 0 saturated carbocycles. The fraction of sp³-hybridized carbons (Fsp3) is 0.300. The number of carbonyl (C=O) groups excluding carboxylic acids is 1. The van der Waals surface area contributed by atoms with Crippen LogP contribution in [0.3, 0.4) is 0 Å². The zero-order chi connectivity index (χ0) is 13.0. The molecule has 0 aliphatic heterocycles. The van der Waals surface area contributed by atoms with Crippen LogP contribution in [0, 0.1) is 0 Å². The molecule has 0 bridgehead atoms. The van der Waals surface area contributed by atoms with E-state index in [1.807, 2.05) is 0 Å². The molecule has 0 saturated heterocycles. The first kappa shape index (κ1) is 13.5. The summed E-state index contributed by atoms with van der Waals surface area (Å²) in [7, 11) is 0. The number of benzene rings is 1. The van der Waals surface area contributed by atoms with Gasteiger partial charge in [0.15, 0.2) is 5.75 Å². The van der Waals surface area contributed by atoms with Crippen molar-refractivity contribution in [1.29, 1.82) is 0 Å². The summed E-state index contributed by atoms with van der Waals surface area (Å²) in [6.45, 7) is -1.27. The Morgan fingerprint density at radius 2 is 2.18 bits per heavy atom. The zero-order valence-electron chi connectivity index (χ0n) is 8.88. The van der Waals surface area contributed by atoms with Crippen molar-refractivity contribution in [3.63, 3.8) is 0 Å². The topological polar surface area (TPSA) is 61.5 Å². The molecule has 1 aromatic rings. The first-order chi connectivity index (χ1) is 7.95. The van der Waals surface area contributed by atoms with Gasteiger partial charge in [0, 0.05) is 0 Å². The molecule has 0 atom stereocenters. The van der Waals surface area contributed by atoms with Crippen LogP contribution >= 0.6 is 11.6 Å². The van der Waals surface area contributed by atoms with Gasteiger partial charge in [-0.25, -0.2) is 4.79 Å². The summed E-state index contributed by atoms with van der Waals surface area (Å²) >= 11 is 5.69. The van der Waals surface area contributed by atoms with Gasteiger partial charge in [-0.2, -0.15) is 8.78 Å². The number of halogens is 3. The number of hydrogen-bond acceptors (Lipinski definition) is 4. The lowest BCUT2D eigenvalue weighted by Gasteiger charge is -2.11. The molecule has 7 heteroatoms. The van der Waals surface area contributed by atoms with E-state index in [4.69, 9.17) is 22.1 Å². The molecule has 0 unspecified atom stereocenters. The maximum atomic E-state index is 12.1. The molecule has 0 aliphatic carbocycles. The number of anilines is 1. The average Bonchev–Trinajstić information content (AvgIpc) is 2.24. The molecular formula is C10H10ClF2NO3. The molecule has 1 rings (SSSR count). The van der Waals surface area contributed by atoms with Crippen LogP contribution < -0.4 is 10.5 Å². The van der Waals surface area contributed by atoms with Crippen LogP contribution in [0.1, 0.15) is 17.3 Å². The smallest absolute Gasteiger partial charge is 0.387 e. The standard InChI is InChI=1S/C10H10ClF2NO3/c1-2-16-9(15)5-3-6(11)8(14)7(4-5)17-10(12)13/h3-4,10H,2,14H2,1H3. The van der Waals surface area contributed by atoms with E-state index in [-0.39, 0.29) is 28.6 Å².